The number of carbonyl (C=O) groups excluding carboxylic acids is 2. The maximum Gasteiger partial charge on any atom is 0.341 e. The number of hydrogen-bond donors (Lipinski definition) is 2. The number of fused-ring (bicyclic) bond motifs is 3. The van der Waals surface area contributed by atoms with Crippen molar-refractivity contribution in [3.05, 3.63) is 28.2 Å². The summed E-state index contributed by atoms with van der Waals surface area (Å²) in [5, 5.41) is 13.1. The lowest BCUT2D eigenvalue weighted by Crippen LogP contribution is -2.47. The first kappa shape index (κ1) is 19.2. The van der Waals surface area contributed by atoms with E-state index in [0.717, 1.165) is 42.5 Å². The van der Waals surface area contributed by atoms with Crippen molar-refractivity contribution in [2.75, 3.05) is 5.32 Å². The van der Waals surface area contributed by atoms with Crippen LogP contribution in [0.3, 0.4) is 0 Å². The summed E-state index contributed by atoms with van der Waals surface area (Å²) in [6.07, 6.45) is 8.01. The summed E-state index contributed by atoms with van der Waals surface area (Å²) in [5.41, 5.74) is 1.44. The van der Waals surface area contributed by atoms with Crippen LogP contribution in [0.5, 0.6) is 0 Å². The highest BCUT2D eigenvalue weighted by Crippen LogP contribution is 2.46. The number of thiophene rings is 1. The van der Waals surface area contributed by atoms with Crippen molar-refractivity contribution in [1.82, 2.24) is 0 Å². The van der Waals surface area contributed by atoms with Gasteiger partial charge in [-0.3, -0.25) is 9.59 Å². The Morgan fingerprint density at radius 2 is 1.82 bits per heavy atom. The fourth-order valence-electron chi connectivity index (χ4n) is 4.86. The van der Waals surface area contributed by atoms with Gasteiger partial charge in [0.25, 0.3) is 0 Å². The average Bonchev–Trinajstić information content (AvgIpc) is 3.21. The average molecular weight is 404 g/mol. The molecule has 7 heteroatoms. The zero-order valence-electron chi connectivity index (χ0n) is 16.1. The zero-order valence-corrected chi connectivity index (χ0v) is 16.9. The Kier molecular flexibility index (Phi) is 5.04. The molecular formula is C21H25NO5S. The van der Waals surface area contributed by atoms with Crippen LogP contribution >= 0.6 is 11.3 Å². The Bertz CT molecular complexity index is 855. The fraction of sp³-hybridized carbons (Fsp3) is 0.571. The number of carboxylic acid groups (broad SMARTS) is 1. The van der Waals surface area contributed by atoms with Crippen LogP contribution in [0.2, 0.25) is 0 Å². The van der Waals surface area contributed by atoms with Crippen LogP contribution in [0, 0.1) is 23.7 Å². The molecular weight excluding hydrogens is 378 g/mol. The normalized spacial score (nSPS) is 27.7. The smallest absolute Gasteiger partial charge is 0.341 e. The number of carbonyl (C=O) groups is 3. The first-order valence-corrected chi connectivity index (χ1v) is 10.8. The van der Waals surface area contributed by atoms with Gasteiger partial charge in [-0.2, -0.15) is 0 Å². The Morgan fingerprint density at radius 1 is 1.14 bits per heavy atom. The third-order valence-corrected chi connectivity index (χ3v) is 7.25. The molecule has 0 radical (unpaired) electrons. The molecule has 0 unspecified atom stereocenters. The molecule has 1 amide bonds. The molecule has 1 heterocycles. The van der Waals surface area contributed by atoms with Gasteiger partial charge < -0.3 is 15.2 Å². The lowest BCUT2D eigenvalue weighted by atomic mass is 9.62. The second kappa shape index (κ2) is 7.35. The maximum atomic E-state index is 13.1. The molecule has 4 aliphatic rings. The number of nitrogens with one attached hydrogen (secondary N) is 1. The molecule has 6 nitrogen and oxygen atoms in total. The first-order chi connectivity index (χ1) is 13.4. The number of rotatable bonds is 5. The summed E-state index contributed by atoms with van der Waals surface area (Å²) in [5.74, 6) is -3.11. The van der Waals surface area contributed by atoms with E-state index in [1.165, 1.54) is 11.3 Å². The van der Waals surface area contributed by atoms with Gasteiger partial charge in [0.1, 0.15) is 5.00 Å². The third-order valence-electron chi connectivity index (χ3n) is 6.04. The van der Waals surface area contributed by atoms with Gasteiger partial charge in [0, 0.05) is 4.88 Å². The standard InChI is InChI=1S/C21H25NO5S/c1-10(2)27-21(26)17-13-4-3-5-14(13)28-19(17)22-18(23)15-11-6-8-12(9-7-11)16(15)20(24)25/h6,8,10-12,15-16H,3-5,7,9H2,1-2H3,(H,22,23)(H,24,25)/t11-,12-,15-,16+/m0/s1. The van der Waals surface area contributed by atoms with E-state index in [1.54, 1.807) is 13.8 Å². The number of aliphatic carboxylic acids is 1. The van der Waals surface area contributed by atoms with Gasteiger partial charge in [-0.05, 0) is 63.4 Å². The molecule has 2 bridgehead atoms. The van der Waals surface area contributed by atoms with Crippen LogP contribution in [0.15, 0.2) is 12.2 Å². The van der Waals surface area contributed by atoms with Gasteiger partial charge in [-0.1, -0.05) is 12.2 Å². The number of hydrogen-bond acceptors (Lipinski definition) is 5. The molecule has 0 aliphatic heterocycles. The summed E-state index contributed by atoms with van der Waals surface area (Å²) < 4.78 is 5.41. The van der Waals surface area contributed by atoms with Crippen molar-refractivity contribution < 1.29 is 24.2 Å². The number of carboxylic acids is 1. The predicted octanol–water partition coefficient (Wildman–Crippen LogP) is 3.65. The topological polar surface area (TPSA) is 92.7 Å². The van der Waals surface area contributed by atoms with E-state index in [4.69, 9.17) is 4.74 Å². The summed E-state index contributed by atoms with van der Waals surface area (Å²) in [7, 11) is 0. The highest BCUT2D eigenvalue weighted by molar-refractivity contribution is 7.17. The molecule has 0 spiro atoms. The Balaban J connectivity index is 1.62. The van der Waals surface area contributed by atoms with Gasteiger partial charge in [0.05, 0.1) is 23.5 Å². The molecule has 4 aliphatic carbocycles. The van der Waals surface area contributed by atoms with Crippen molar-refractivity contribution in [2.24, 2.45) is 23.7 Å². The van der Waals surface area contributed by atoms with Crippen LogP contribution in [0.4, 0.5) is 5.00 Å². The van der Waals surface area contributed by atoms with Gasteiger partial charge in [0.2, 0.25) is 5.91 Å². The van der Waals surface area contributed by atoms with E-state index in [-0.39, 0.29) is 23.8 Å². The van der Waals surface area contributed by atoms with Crippen molar-refractivity contribution in [2.45, 2.75) is 52.1 Å². The van der Waals surface area contributed by atoms with Crippen LogP contribution in [-0.2, 0) is 27.2 Å². The lowest BCUT2D eigenvalue weighted by molar-refractivity contribution is -0.151. The van der Waals surface area contributed by atoms with E-state index in [0.29, 0.717) is 10.6 Å². The molecule has 28 heavy (non-hydrogen) atoms. The molecule has 5 rings (SSSR count). The van der Waals surface area contributed by atoms with Crippen molar-refractivity contribution in [1.29, 1.82) is 0 Å². The van der Waals surface area contributed by atoms with E-state index in [9.17, 15) is 19.5 Å². The SMILES string of the molecule is CC(C)OC(=O)c1c(NC(=O)[C@@H]2[C@H](C(=O)O)[C@H]3C=C[C@H]2CC3)sc2c1CCC2. The largest absolute Gasteiger partial charge is 0.481 e. The summed E-state index contributed by atoms with van der Waals surface area (Å²) in [6.45, 7) is 3.59. The minimum absolute atomic E-state index is 0.0658. The van der Waals surface area contributed by atoms with Gasteiger partial charge in [-0.15, -0.1) is 11.3 Å². The maximum absolute atomic E-state index is 13.1. The molecule has 4 atom stereocenters. The molecule has 0 saturated heterocycles. The Labute approximate surface area is 168 Å². The minimum Gasteiger partial charge on any atom is -0.481 e. The fourth-order valence-corrected chi connectivity index (χ4v) is 6.15. The molecule has 1 aromatic rings. The van der Waals surface area contributed by atoms with Crippen LogP contribution in [0.25, 0.3) is 0 Å². The van der Waals surface area contributed by atoms with E-state index < -0.39 is 23.8 Å². The molecule has 0 aromatic carbocycles. The van der Waals surface area contributed by atoms with Gasteiger partial charge in [-0.25, -0.2) is 4.79 Å². The minimum atomic E-state index is -0.924. The quantitative estimate of drug-likeness (QED) is 0.578. The summed E-state index contributed by atoms with van der Waals surface area (Å²) in [4.78, 5) is 38.8. The molecule has 150 valence electrons. The Morgan fingerprint density at radius 3 is 2.43 bits per heavy atom. The lowest BCUT2D eigenvalue weighted by Gasteiger charge is -2.41. The van der Waals surface area contributed by atoms with Crippen LogP contribution in [-0.4, -0.2) is 29.1 Å². The van der Waals surface area contributed by atoms with Crippen LogP contribution in [0.1, 0.15) is 53.9 Å². The second-order valence-electron chi connectivity index (χ2n) is 8.18. The molecule has 2 N–H and O–H groups in total. The van der Waals surface area contributed by atoms with E-state index >= 15 is 0 Å². The number of amides is 1. The highest BCUT2D eigenvalue weighted by Gasteiger charge is 2.48. The van der Waals surface area contributed by atoms with Gasteiger partial charge >= 0.3 is 11.9 Å². The van der Waals surface area contributed by atoms with Gasteiger partial charge in [0.15, 0.2) is 0 Å². The predicted molar refractivity (Wildman–Crippen MR) is 105 cm³/mol. The van der Waals surface area contributed by atoms with E-state index in [2.05, 4.69) is 5.32 Å². The van der Waals surface area contributed by atoms with E-state index in [1.807, 2.05) is 12.2 Å². The monoisotopic (exact) mass is 403 g/mol. The number of allylic oxidation sites excluding steroid dienone is 2. The number of esters is 1. The van der Waals surface area contributed by atoms with Crippen LogP contribution < -0.4 is 5.32 Å². The van der Waals surface area contributed by atoms with Crippen molar-refractivity contribution >= 4 is 34.2 Å². The second-order valence-corrected chi connectivity index (χ2v) is 9.29. The third kappa shape index (κ3) is 3.26. The summed E-state index contributed by atoms with van der Waals surface area (Å²) >= 11 is 1.43. The Hall–Kier alpha value is -2.15. The number of anilines is 1. The zero-order chi connectivity index (χ0) is 20.0. The number of aryl methyl sites for hydroxylation is 1. The number of ether oxygens (including phenoxy) is 1. The van der Waals surface area contributed by atoms with Crippen molar-refractivity contribution in [3.8, 4) is 0 Å². The molecule has 1 saturated carbocycles. The first-order valence-electron chi connectivity index (χ1n) is 9.94. The molecule has 1 aromatic heterocycles. The van der Waals surface area contributed by atoms with Crippen molar-refractivity contribution in [3.63, 3.8) is 0 Å². The highest BCUT2D eigenvalue weighted by atomic mass is 32.1. The molecule has 1 fully saturated rings. The summed E-state index contributed by atoms with van der Waals surface area (Å²) in [6, 6.07) is 0.